The van der Waals surface area contributed by atoms with Crippen LogP contribution in [0.25, 0.3) is 0 Å². The Morgan fingerprint density at radius 3 is 1.40 bits per heavy atom. The molecule has 0 aliphatic carbocycles. The number of esters is 2. The van der Waals surface area contributed by atoms with E-state index in [1.165, 1.54) is 38.5 Å². The summed E-state index contributed by atoms with van der Waals surface area (Å²) in [4.78, 5) is 38.2. The van der Waals surface area contributed by atoms with Crippen LogP contribution in [0.2, 0.25) is 0 Å². The zero-order valence-electron chi connectivity index (χ0n) is 27.7. The smallest absolute Gasteiger partial charge is 0.321 e. The number of carbonyl (C=O) groups is 3. The van der Waals surface area contributed by atoms with Crippen LogP contribution >= 0.6 is 11.6 Å². The minimum absolute atomic E-state index is 0.138. The molecule has 0 N–H and O–H groups in total. The third-order valence-electron chi connectivity index (χ3n) is 8.66. The molecule has 0 aromatic heterocycles. The van der Waals surface area contributed by atoms with E-state index in [0.29, 0.717) is 25.9 Å². The summed E-state index contributed by atoms with van der Waals surface area (Å²) < 4.78 is 11.1. The second-order valence-electron chi connectivity index (χ2n) is 12.5. The zero-order valence-corrected chi connectivity index (χ0v) is 28.5. The molecule has 0 spiro atoms. The van der Waals surface area contributed by atoms with Gasteiger partial charge >= 0.3 is 11.9 Å². The molecular formula is C39H57ClO5. The maximum Gasteiger partial charge on any atom is 0.321 e. The lowest BCUT2D eigenvalue weighted by Crippen LogP contribution is -2.38. The average Bonchev–Trinajstić information content (AvgIpc) is 3.06. The Kier molecular flexibility index (Phi) is 21.0. The molecule has 2 aromatic carbocycles. The summed E-state index contributed by atoms with van der Waals surface area (Å²) in [5.41, 5.74) is 0.632. The first kappa shape index (κ1) is 38.5. The Morgan fingerprint density at radius 1 is 0.556 bits per heavy atom. The van der Waals surface area contributed by atoms with E-state index >= 15 is 0 Å². The molecule has 0 saturated heterocycles. The number of carbonyl (C=O) groups excluding carboxylic acids is 3. The zero-order chi connectivity index (χ0) is 32.4. The normalized spacial score (nSPS) is 12.4. The lowest BCUT2D eigenvalue weighted by molar-refractivity contribution is -0.161. The summed E-state index contributed by atoms with van der Waals surface area (Å²) in [7, 11) is 0. The predicted molar refractivity (Wildman–Crippen MR) is 184 cm³/mol. The highest BCUT2D eigenvalue weighted by atomic mass is 35.5. The molecule has 0 saturated carbocycles. The van der Waals surface area contributed by atoms with Crippen molar-refractivity contribution in [2.24, 2.45) is 5.41 Å². The van der Waals surface area contributed by atoms with Gasteiger partial charge < -0.3 is 9.47 Å². The topological polar surface area (TPSA) is 69.7 Å². The van der Waals surface area contributed by atoms with Crippen LogP contribution in [-0.4, -0.2) is 17.2 Å². The van der Waals surface area contributed by atoms with Crippen LogP contribution in [0.15, 0.2) is 60.7 Å². The van der Waals surface area contributed by atoms with Gasteiger partial charge in [0.05, 0.1) is 0 Å². The molecule has 2 aromatic rings. The molecule has 6 heteroatoms. The van der Waals surface area contributed by atoms with Crippen molar-refractivity contribution in [2.75, 3.05) is 0 Å². The van der Waals surface area contributed by atoms with Crippen molar-refractivity contribution >= 4 is 28.8 Å². The number of halogens is 1. The average molecular weight is 641 g/mol. The monoisotopic (exact) mass is 640 g/mol. The summed E-state index contributed by atoms with van der Waals surface area (Å²) >= 11 is 6.20. The van der Waals surface area contributed by atoms with Gasteiger partial charge in [-0.1, -0.05) is 170 Å². The van der Waals surface area contributed by atoms with E-state index in [0.717, 1.165) is 81.8 Å². The molecule has 0 heterocycles. The lowest BCUT2D eigenvalue weighted by atomic mass is 9.78. The lowest BCUT2D eigenvalue weighted by Gasteiger charge is -2.28. The second kappa shape index (κ2) is 24.6. The van der Waals surface area contributed by atoms with E-state index in [4.69, 9.17) is 21.1 Å². The highest BCUT2D eigenvalue weighted by Crippen LogP contribution is 2.36. The Balaban J connectivity index is 1.69. The summed E-state index contributed by atoms with van der Waals surface area (Å²) in [6.45, 7) is 2.71. The van der Waals surface area contributed by atoms with E-state index in [9.17, 15) is 14.4 Å². The Labute approximate surface area is 277 Å². The third-order valence-corrected chi connectivity index (χ3v) is 9.03. The van der Waals surface area contributed by atoms with Gasteiger partial charge in [0.2, 0.25) is 5.24 Å². The van der Waals surface area contributed by atoms with Gasteiger partial charge in [-0.05, 0) is 42.0 Å². The van der Waals surface area contributed by atoms with Gasteiger partial charge in [0.1, 0.15) is 18.6 Å². The molecule has 0 fully saturated rings. The van der Waals surface area contributed by atoms with Gasteiger partial charge in [-0.15, -0.1) is 0 Å². The summed E-state index contributed by atoms with van der Waals surface area (Å²) in [5, 5.41) is -0.581. The Bertz CT molecular complexity index is 1060. The molecule has 1 atom stereocenters. The fourth-order valence-corrected chi connectivity index (χ4v) is 6.04. The van der Waals surface area contributed by atoms with Crippen LogP contribution in [0.5, 0.6) is 0 Å². The molecule has 5 nitrogen and oxygen atoms in total. The first-order chi connectivity index (χ1) is 22.0. The van der Waals surface area contributed by atoms with E-state index in [1.807, 2.05) is 60.7 Å². The third kappa shape index (κ3) is 17.0. The van der Waals surface area contributed by atoms with E-state index in [1.54, 1.807) is 0 Å². The summed E-state index contributed by atoms with van der Waals surface area (Å²) in [6, 6.07) is 19.3. The maximum absolute atomic E-state index is 13.4. The predicted octanol–water partition coefficient (Wildman–Crippen LogP) is 11.0. The van der Waals surface area contributed by atoms with E-state index in [2.05, 4.69) is 6.92 Å². The fraction of sp³-hybridized carbons (Fsp3) is 0.615. The number of benzene rings is 2. The Hall–Kier alpha value is -2.66. The molecule has 2 rings (SSSR count). The molecule has 0 bridgehead atoms. The van der Waals surface area contributed by atoms with Crippen molar-refractivity contribution in [1.29, 1.82) is 0 Å². The van der Waals surface area contributed by atoms with Crippen molar-refractivity contribution in [2.45, 2.75) is 149 Å². The number of ether oxygens (including phenoxy) is 2. The molecular weight excluding hydrogens is 584 g/mol. The molecule has 1 unspecified atom stereocenters. The molecule has 0 radical (unpaired) electrons. The highest BCUT2D eigenvalue weighted by Gasteiger charge is 2.45. The van der Waals surface area contributed by atoms with Crippen molar-refractivity contribution in [3.8, 4) is 0 Å². The van der Waals surface area contributed by atoms with Crippen molar-refractivity contribution in [1.82, 2.24) is 0 Å². The maximum atomic E-state index is 13.4. The van der Waals surface area contributed by atoms with Crippen LogP contribution in [0.3, 0.4) is 0 Å². The first-order valence-corrected chi connectivity index (χ1v) is 18.0. The standard InChI is InChI=1S/C39H57ClO5/c1-2-3-4-5-6-8-11-14-23-30-39(37(40)42,38(43)45-33-35-27-20-17-21-28-35)31-24-15-12-9-7-10-13-22-29-36(41)44-32-34-25-18-16-19-26-34/h16-21,25-28H,2-15,22-24,29-33H2,1H3. The molecule has 45 heavy (non-hydrogen) atoms. The van der Waals surface area contributed by atoms with Gasteiger partial charge in [0.15, 0.2) is 0 Å². The number of hydrogen-bond donors (Lipinski definition) is 0. The van der Waals surface area contributed by atoms with Gasteiger partial charge in [-0.2, -0.15) is 0 Å². The van der Waals surface area contributed by atoms with Crippen LogP contribution in [0.1, 0.15) is 146 Å². The van der Waals surface area contributed by atoms with Crippen molar-refractivity contribution in [3.63, 3.8) is 0 Å². The SMILES string of the molecule is CCCCCCCCCCCC(CCCCCCCCCCC(=O)OCc1ccccc1)(C(=O)Cl)C(=O)OCc1ccccc1. The second-order valence-corrected chi connectivity index (χ2v) is 12.8. The summed E-state index contributed by atoms with van der Waals surface area (Å²) in [5.74, 6) is -0.617. The molecule has 250 valence electrons. The van der Waals surface area contributed by atoms with Crippen LogP contribution in [0.4, 0.5) is 0 Å². The molecule has 0 aliphatic heterocycles. The number of unbranched alkanes of at least 4 members (excludes halogenated alkanes) is 15. The molecule has 0 aliphatic rings. The van der Waals surface area contributed by atoms with Gasteiger partial charge in [0, 0.05) is 6.42 Å². The van der Waals surface area contributed by atoms with Crippen LogP contribution < -0.4 is 0 Å². The Morgan fingerprint density at radius 2 is 0.956 bits per heavy atom. The first-order valence-electron chi connectivity index (χ1n) is 17.6. The van der Waals surface area contributed by atoms with Crippen molar-refractivity contribution in [3.05, 3.63) is 71.8 Å². The van der Waals surface area contributed by atoms with Crippen molar-refractivity contribution < 1.29 is 23.9 Å². The fourth-order valence-electron chi connectivity index (χ4n) is 5.77. The largest absolute Gasteiger partial charge is 0.461 e. The number of hydrogen-bond acceptors (Lipinski definition) is 5. The van der Waals surface area contributed by atoms with Gasteiger partial charge in [-0.25, -0.2) is 0 Å². The van der Waals surface area contributed by atoms with Crippen LogP contribution in [0, 0.1) is 5.41 Å². The van der Waals surface area contributed by atoms with E-state index in [-0.39, 0.29) is 12.6 Å². The number of rotatable bonds is 27. The quantitative estimate of drug-likeness (QED) is 0.0420. The van der Waals surface area contributed by atoms with E-state index < -0.39 is 16.6 Å². The highest BCUT2D eigenvalue weighted by molar-refractivity contribution is 6.66. The van der Waals surface area contributed by atoms with Gasteiger partial charge in [0.25, 0.3) is 0 Å². The minimum atomic E-state index is -1.27. The van der Waals surface area contributed by atoms with Crippen LogP contribution in [-0.2, 0) is 37.1 Å². The molecule has 0 amide bonds. The summed E-state index contributed by atoms with van der Waals surface area (Å²) in [6.07, 6.45) is 19.8. The van der Waals surface area contributed by atoms with Gasteiger partial charge in [-0.3, -0.25) is 14.4 Å². The minimum Gasteiger partial charge on any atom is -0.461 e.